The van der Waals surface area contributed by atoms with Crippen LogP contribution in [0.25, 0.3) is 0 Å². The molecule has 0 aromatic rings. The number of ether oxygens (including phenoxy) is 3. The van der Waals surface area contributed by atoms with Gasteiger partial charge in [-0.25, -0.2) is 0 Å². The largest absolute Gasteiger partial charge is 0.462 e. The predicted octanol–water partition coefficient (Wildman–Crippen LogP) is 19.4. The molecule has 0 aliphatic heterocycles. The van der Waals surface area contributed by atoms with E-state index in [9.17, 15) is 14.4 Å². The topological polar surface area (TPSA) is 78.9 Å². The standard InChI is InChI=1S/C61H110O6/c1-4-7-10-13-16-19-22-25-28-29-30-31-34-36-39-42-45-48-51-54-60(63)66-57-58(67-61(64)55-52-49-46-43-40-37-33-27-24-21-18-15-12-9-6-3)56-65-59(62)53-50-47-44-41-38-35-32-26-23-20-17-14-11-8-5-2/h18,21,25-28,32-33,58H,4-17,19-20,22-24,29-31,34-57H2,1-3H3/b21-18-,28-25-,32-26-,33-27-/t58-/m1/s1. The summed E-state index contributed by atoms with van der Waals surface area (Å²) in [7, 11) is 0. The SMILES string of the molecule is CCCCC/C=C\C/C=C\CCCCCCCC(=O)O[C@H](COC(=O)CCCCCCC/C=C\CCCCCCCC)COC(=O)CCCCCCCCCCC/C=C\CCCCCCCC. The van der Waals surface area contributed by atoms with Gasteiger partial charge < -0.3 is 14.2 Å². The maximum atomic E-state index is 12.8. The molecule has 0 spiro atoms. The van der Waals surface area contributed by atoms with Gasteiger partial charge in [0.15, 0.2) is 6.10 Å². The van der Waals surface area contributed by atoms with Gasteiger partial charge in [0.1, 0.15) is 13.2 Å². The highest BCUT2D eigenvalue weighted by molar-refractivity contribution is 5.71. The van der Waals surface area contributed by atoms with E-state index in [-0.39, 0.29) is 31.1 Å². The van der Waals surface area contributed by atoms with E-state index in [1.54, 1.807) is 0 Å². The summed E-state index contributed by atoms with van der Waals surface area (Å²) >= 11 is 0. The third kappa shape index (κ3) is 54.2. The van der Waals surface area contributed by atoms with Crippen molar-refractivity contribution in [3.05, 3.63) is 48.6 Å². The molecule has 0 aliphatic carbocycles. The molecule has 0 bridgehead atoms. The van der Waals surface area contributed by atoms with Gasteiger partial charge in [-0.3, -0.25) is 14.4 Å². The van der Waals surface area contributed by atoms with Gasteiger partial charge in [-0.05, 0) is 103 Å². The lowest BCUT2D eigenvalue weighted by molar-refractivity contribution is -0.167. The smallest absolute Gasteiger partial charge is 0.306 e. The lowest BCUT2D eigenvalue weighted by Gasteiger charge is -2.18. The third-order valence-electron chi connectivity index (χ3n) is 12.8. The maximum Gasteiger partial charge on any atom is 0.306 e. The maximum absolute atomic E-state index is 12.8. The monoisotopic (exact) mass is 939 g/mol. The van der Waals surface area contributed by atoms with Gasteiger partial charge in [-0.1, -0.05) is 230 Å². The van der Waals surface area contributed by atoms with Crippen molar-refractivity contribution in [3.8, 4) is 0 Å². The number of carbonyl (C=O) groups is 3. The van der Waals surface area contributed by atoms with Gasteiger partial charge in [-0.15, -0.1) is 0 Å². The molecular weight excluding hydrogens is 829 g/mol. The first kappa shape index (κ1) is 64.4. The highest BCUT2D eigenvalue weighted by atomic mass is 16.6. The molecule has 0 aliphatic rings. The Morgan fingerprint density at radius 2 is 0.537 bits per heavy atom. The molecule has 0 aromatic carbocycles. The summed E-state index contributed by atoms with van der Waals surface area (Å²) in [5.74, 6) is -0.893. The fourth-order valence-electron chi connectivity index (χ4n) is 8.35. The quantitative estimate of drug-likeness (QED) is 0.0262. The highest BCUT2D eigenvalue weighted by Crippen LogP contribution is 2.15. The summed E-state index contributed by atoms with van der Waals surface area (Å²) in [5, 5.41) is 0. The van der Waals surface area contributed by atoms with E-state index in [0.717, 1.165) is 89.9 Å². The fourth-order valence-corrected chi connectivity index (χ4v) is 8.35. The van der Waals surface area contributed by atoms with Crippen molar-refractivity contribution in [2.45, 2.75) is 309 Å². The van der Waals surface area contributed by atoms with E-state index in [0.29, 0.717) is 19.3 Å². The first-order valence-electron chi connectivity index (χ1n) is 29.1. The highest BCUT2D eigenvalue weighted by Gasteiger charge is 2.19. The van der Waals surface area contributed by atoms with E-state index in [4.69, 9.17) is 14.2 Å². The minimum absolute atomic E-state index is 0.0810. The second-order valence-electron chi connectivity index (χ2n) is 19.5. The molecular formula is C61H110O6. The Bertz CT molecular complexity index is 1170. The molecule has 6 heteroatoms. The fraction of sp³-hybridized carbons (Fsp3) is 0.820. The molecule has 0 N–H and O–H groups in total. The summed E-state index contributed by atoms with van der Waals surface area (Å²) in [6.45, 7) is 6.61. The van der Waals surface area contributed by atoms with Crippen molar-refractivity contribution in [1.82, 2.24) is 0 Å². The zero-order chi connectivity index (χ0) is 48.6. The van der Waals surface area contributed by atoms with Crippen LogP contribution in [0.5, 0.6) is 0 Å². The molecule has 0 amide bonds. The van der Waals surface area contributed by atoms with Gasteiger partial charge in [0.05, 0.1) is 0 Å². The molecule has 0 aromatic heterocycles. The van der Waals surface area contributed by atoms with Crippen LogP contribution < -0.4 is 0 Å². The number of esters is 3. The molecule has 0 saturated carbocycles. The molecule has 0 radical (unpaired) electrons. The minimum Gasteiger partial charge on any atom is -0.462 e. The molecule has 0 saturated heterocycles. The second kappa shape index (κ2) is 56.0. The Labute approximate surface area is 416 Å². The number of hydrogen-bond donors (Lipinski definition) is 0. The van der Waals surface area contributed by atoms with Crippen LogP contribution >= 0.6 is 0 Å². The molecule has 67 heavy (non-hydrogen) atoms. The van der Waals surface area contributed by atoms with Crippen LogP contribution in [0.4, 0.5) is 0 Å². The van der Waals surface area contributed by atoms with Crippen LogP contribution in [-0.4, -0.2) is 37.2 Å². The zero-order valence-corrected chi connectivity index (χ0v) is 44.7. The zero-order valence-electron chi connectivity index (χ0n) is 44.7. The number of unbranched alkanes of at least 4 members (excludes halogenated alkanes) is 34. The van der Waals surface area contributed by atoms with Crippen molar-refractivity contribution >= 4 is 17.9 Å². The lowest BCUT2D eigenvalue weighted by atomic mass is 10.1. The number of allylic oxidation sites excluding steroid dienone is 8. The normalized spacial score (nSPS) is 12.3. The average molecular weight is 940 g/mol. The Hall–Kier alpha value is -2.63. The third-order valence-corrected chi connectivity index (χ3v) is 12.8. The van der Waals surface area contributed by atoms with Crippen molar-refractivity contribution < 1.29 is 28.6 Å². The first-order valence-corrected chi connectivity index (χ1v) is 29.1. The van der Waals surface area contributed by atoms with Crippen molar-refractivity contribution in [2.75, 3.05) is 13.2 Å². The van der Waals surface area contributed by atoms with Crippen LogP contribution in [0, 0.1) is 0 Å². The average Bonchev–Trinajstić information content (AvgIpc) is 3.33. The van der Waals surface area contributed by atoms with Crippen LogP contribution in [-0.2, 0) is 28.6 Å². The van der Waals surface area contributed by atoms with Crippen LogP contribution in [0.2, 0.25) is 0 Å². The van der Waals surface area contributed by atoms with Gasteiger partial charge >= 0.3 is 17.9 Å². The van der Waals surface area contributed by atoms with Gasteiger partial charge in [-0.2, -0.15) is 0 Å². The summed E-state index contributed by atoms with van der Waals surface area (Å²) < 4.78 is 16.9. The summed E-state index contributed by atoms with van der Waals surface area (Å²) in [4.78, 5) is 38.1. The molecule has 390 valence electrons. The predicted molar refractivity (Wildman–Crippen MR) is 289 cm³/mol. The van der Waals surface area contributed by atoms with E-state index in [1.165, 1.54) is 173 Å². The molecule has 6 nitrogen and oxygen atoms in total. The van der Waals surface area contributed by atoms with Gasteiger partial charge in [0.25, 0.3) is 0 Å². The molecule has 0 unspecified atom stereocenters. The molecule has 1 atom stereocenters. The van der Waals surface area contributed by atoms with Crippen LogP contribution in [0.3, 0.4) is 0 Å². The Kier molecular flexibility index (Phi) is 53.8. The second-order valence-corrected chi connectivity index (χ2v) is 19.5. The lowest BCUT2D eigenvalue weighted by Crippen LogP contribution is -2.30. The summed E-state index contributed by atoms with van der Waals surface area (Å²) in [5.41, 5.74) is 0. The molecule has 0 heterocycles. The number of rotatable bonds is 53. The van der Waals surface area contributed by atoms with E-state index in [2.05, 4.69) is 69.4 Å². The minimum atomic E-state index is -0.784. The number of carbonyl (C=O) groups excluding carboxylic acids is 3. The van der Waals surface area contributed by atoms with Crippen LogP contribution in [0.15, 0.2) is 48.6 Å². The Balaban J connectivity index is 4.37. The van der Waals surface area contributed by atoms with Gasteiger partial charge in [0, 0.05) is 19.3 Å². The molecule has 0 fully saturated rings. The van der Waals surface area contributed by atoms with Crippen LogP contribution in [0.1, 0.15) is 303 Å². The van der Waals surface area contributed by atoms with E-state index in [1.807, 2.05) is 0 Å². The Morgan fingerprint density at radius 3 is 0.866 bits per heavy atom. The number of hydrogen-bond acceptors (Lipinski definition) is 6. The molecule has 0 rings (SSSR count). The van der Waals surface area contributed by atoms with Gasteiger partial charge in [0.2, 0.25) is 0 Å². The summed E-state index contributed by atoms with van der Waals surface area (Å²) in [6.07, 6.45) is 68.1. The Morgan fingerprint density at radius 1 is 0.299 bits per heavy atom. The van der Waals surface area contributed by atoms with Crippen molar-refractivity contribution in [2.24, 2.45) is 0 Å². The van der Waals surface area contributed by atoms with Crippen molar-refractivity contribution in [3.63, 3.8) is 0 Å². The van der Waals surface area contributed by atoms with E-state index >= 15 is 0 Å². The summed E-state index contributed by atoms with van der Waals surface area (Å²) in [6, 6.07) is 0. The first-order chi connectivity index (χ1) is 33.0. The van der Waals surface area contributed by atoms with Crippen molar-refractivity contribution in [1.29, 1.82) is 0 Å². The van der Waals surface area contributed by atoms with E-state index < -0.39 is 6.10 Å².